The molecule has 6 nitrogen and oxygen atoms in total. The maximum absolute atomic E-state index is 10.7. The van der Waals surface area contributed by atoms with Gasteiger partial charge in [0.05, 0.1) is 4.92 Å². The van der Waals surface area contributed by atoms with Crippen LogP contribution in [0.2, 0.25) is 0 Å². The fraction of sp³-hybridized carbons (Fsp3) is 0.231. The molecule has 2 aromatic rings. The number of nitro benzene ring substituents is 1. The van der Waals surface area contributed by atoms with Crippen molar-refractivity contribution in [2.45, 2.75) is 13.3 Å². The molecule has 0 spiro atoms. The highest BCUT2D eigenvalue weighted by Gasteiger charge is 2.09. The van der Waals surface area contributed by atoms with Gasteiger partial charge in [-0.1, -0.05) is 19.1 Å². The molecule has 0 aliphatic carbocycles. The second kappa shape index (κ2) is 5.90. The van der Waals surface area contributed by atoms with E-state index in [9.17, 15) is 10.1 Å². The Bertz CT molecular complexity index is 586. The molecule has 0 saturated carbocycles. The lowest BCUT2D eigenvalue weighted by atomic mass is 10.2. The first-order valence-electron chi connectivity index (χ1n) is 6.02. The summed E-state index contributed by atoms with van der Waals surface area (Å²) in [5.74, 6) is 1.20. The predicted octanol–water partition coefficient (Wildman–Crippen LogP) is 2.87. The van der Waals surface area contributed by atoms with Crippen LogP contribution in [0.25, 0.3) is 11.4 Å². The first kappa shape index (κ1) is 12.9. The summed E-state index contributed by atoms with van der Waals surface area (Å²) >= 11 is 0. The molecule has 1 aromatic heterocycles. The molecular weight excluding hydrogens is 244 g/mol. The summed E-state index contributed by atoms with van der Waals surface area (Å²) in [6, 6.07) is 8.08. The molecular formula is C13H14N4O2. The van der Waals surface area contributed by atoms with Crippen LogP contribution in [0.15, 0.2) is 36.5 Å². The highest BCUT2D eigenvalue weighted by Crippen LogP contribution is 2.21. The number of aromatic nitrogens is 2. The molecule has 0 unspecified atom stereocenters. The molecule has 0 atom stereocenters. The third-order valence-corrected chi connectivity index (χ3v) is 2.53. The number of hydrogen-bond donors (Lipinski definition) is 1. The lowest BCUT2D eigenvalue weighted by Gasteiger charge is -2.05. The Kier molecular flexibility index (Phi) is 4.02. The van der Waals surface area contributed by atoms with Crippen molar-refractivity contribution in [3.63, 3.8) is 0 Å². The average Bonchev–Trinajstić information content (AvgIpc) is 2.45. The standard InChI is InChI=1S/C13H14N4O2/c1-2-7-14-12-6-8-15-13(16-12)10-4-3-5-11(9-10)17(18)19/h3-6,8-9H,2,7H2,1H3,(H,14,15,16). The van der Waals surface area contributed by atoms with Crippen LogP contribution in [0.3, 0.4) is 0 Å². The lowest BCUT2D eigenvalue weighted by Crippen LogP contribution is -2.03. The zero-order chi connectivity index (χ0) is 13.7. The van der Waals surface area contributed by atoms with Crippen LogP contribution in [0, 0.1) is 10.1 Å². The molecule has 0 amide bonds. The second-order valence-electron chi connectivity index (χ2n) is 4.00. The number of nitrogens with zero attached hydrogens (tertiary/aromatic N) is 3. The zero-order valence-corrected chi connectivity index (χ0v) is 10.5. The molecule has 2 rings (SSSR count). The first-order valence-corrected chi connectivity index (χ1v) is 6.02. The largest absolute Gasteiger partial charge is 0.370 e. The van der Waals surface area contributed by atoms with E-state index in [0.717, 1.165) is 18.8 Å². The van der Waals surface area contributed by atoms with Crippen LogP contribution in [-0.2, 0) is 0 Å². The number of rotatable bonds is 5. The summed E-state index contributed by atoms with van der Waals surface area (Å²) in [5, 5.41) is 13.9. The Labute approximate surface area is 110 Å². The van der Waals surface area contributed by atoms with Gasteiger partial charge >= 0.3 is 0 Å². The van der Waals surface area contributed by atoms with Crippen LogP contribution >= 0.6 is 0 Å². The number of nitrogens with one attached hydrogen (secondary N) is 1. The van der Waals surface area contributed by atoms with E-state index in [1.54, 1.807) is 24.4 Å². The SMILES string of the molecule is CCCNc1ccnc(-c2cccc([N+](=O)[O-])c2)n1. The van der Waals surface area contributed by atoms with Gasteiger partial charge in [0.1, 0.15) is 5.82 Å². The first-order chi connectivity index (χ1) is 9.20. The summed E-state index contributed by atoms with van der Waals surface area (Å²) in [4.78, 5) is 18.8. The van der Waals surface area contributed by atoms with Gasteiger partial charge in [0.25, 0.3) is 5.69 Å². The molecule has 19 heavy (non-hydrogen) atoms. The topological polar surface area (TPSA) is 81.0 Å². The van der Waals surface area contributed by atoms with E-state index in [2.05, 4.69) is 22.2 Å². The van der Waals surface area contributed by atoms with E-state index >= 15 is 0 Å². The van der Waals surface area contributed by atoms with Crippen molar-refractivity contribution in [3.8, 4) is 11.4 Å². The van der Waals surface area contributed by atoms with Gasteiger partial charge in [-0.2, -0.15) is 0 Å². The Balaban J connectivity index is 2.30. The highest BCUT2D eigenvalue weighted by molar-refractivity contribution is 5.60. The molecule has 0 radical (unpaired) electrons. The quantitative estimate of drug-likeness (QED) is 0.658. The number of hydrogen-bond acceptors (Lipinski definition) is 5. The van der Waals surface area contributed by atoms with Gasteiger partial charge in [-0.15, -0.1) is 0 Å². The van der Waals surface area contributed by atoms with Crippen molar-refractivity contribution >= 4 is 11.5 Å². The van der Waals surface area contributed by atoms with E-state index in [4.69, 9.17) is 0 Å². The smallest absolute Gasteiger partial charge is 0.270 e. The Morgan fingerprint density at radius 1 is 1.37 bits per heavy atom. The Morgan fingerprint density at radius 2 is 2.21 bits per heavy atom. The summed E-state index contributed by atoms with van der Waals surface area (Å²) < 4.78 is 0. The van der Waals surface area contributed by atoms with E-state index in [1.807, 2.05) is 0 Å². The van der Waals surface area contributed by atoms with Gasteiger partial charge < -0.3 is 5.32 Å². The number of non-ortho nitro benzene ring substituents is 1. The van der Waals surface area contributed by atoms with Crippen LogP contribution in [0.4, 0.5) is 11.5 Å². The van der Waals surface area contributed by atoms with E-state index in [1.165, 1.54) is 12.1 Å². The van der Waals surface area contributed by atoms with Gasteiger partial charge in [0.2, 0.25) is 0 Å². The lowest BCUT2D eigenvalue weighted by molar-refractivity contribution is -0.384. The van der Waals surface area contributed by atoms with Crippen molar-refractivity contribution in [2.24, 2.45) is 0 Å². The molecule has 1 aromatic carbocycles. The van der Waals surface area contributed by atoms with Crippen molar-refractivity contribution in [3.05, 3.63) is 46.6 Å². The minimum Gasteiger partial charge on any atom is -0.370 e. The summed E-state index contributed by atoms with van der Waals surface area (Å²) in [7, 11) is 0. The van der Waals surface area contributed by atoms with Gasteiger partial charge in [-0.25, -0.2) is 9.97 Å². The van der Waals surface area contributed by atoms with Crippen LogP contribution in [-0.4, -0.2) is 21.4 Å². The fourth-order valence-electron chi connectivity index (χ4n) is 1.61. The molecule has 1 N–H and O–H groups in total. The molecule has 98 valence electrons. The molecule has 6 heteroatoms. The molecule has 0 aliphatic heterocycles. The van der Waals surface area contributed by atoms with Gasteiger partial charge in [0.15, 0.2) is 5.82 Å². The van der Waals surface area contributed by atoms with E-state index in [0.29, 0.717) is 11.4 Å². The van der Waals surface area contributed by atoms with E-state index < -0.39 is 4.92 Å². The number of anilines is 1. The third kappa shape index (κ3) is 3.25. The molecule has 1 heterocycles. The Morgan fingerprint density at radius 3 is 2.95 bits per heavy atom. The van der Waals surface area contributed by atoms with Crippen molar-refractivity contribution in [1.82, 2.24) is 9.97 Å². The average molecular weight is 258 g/mol. The van der Waals surface area contributed by atoms with Crippen molar-refractivity contribution < 1.29 is 4.92 Å². The highest BCUT2D eigenvalue weighted by atomic mass is 16.6. The van der Waals surface area contributed by atoms with E-state index in [-0.39, 0.29) is 5.69 Å². The molecule has 0 fully saturated rings. The minimum atomic E-state index is -0.428. The summed E-state index contributed by atoms with van der Waals surface area (Å²) in [6.07, 6.45) is 2.63. The Hall–Kier alpha value is -2.50. The second-order valence-corrected chi connectivity index (χ2v) is 4.00. The van der Waals surface area contributed by atoms with Gasteiger partial charge in [0, 0.05) is 30.4 Å². The van der Waals surface area contributed by atoms with Gasteiger partial charge in [-0.3, -0.25) is 10.1 Å². The normalized spacial score (nSPS) is 10.2. The minimum absolute atomic E-state index is 0.0352. The number of nitro groups is 1. The summed E-state index contributed by atoms with van der Waals surface area (Å²) in [5.41, 5.74) is 0.669. The fourth-order valence-corrected chi connectivity index (χ4v) is 1.61. The predicted molar refractivity (Wildman–Crippen MR) is 72.9 cm³/mol. The van der Waals surface area contributed by atoms with Crippen LogP contribution in [0.1, 0.15) is 13.3 Å². The van der Waals surface area contributed by atoms with Crippen molar-refractivity contribution in [2.75, 3.05) is 11.9 Å². The van der Waals surface area contributed by atoms with Crippen LogP contribution in [0.5, 0.6) is 0 Å². The third-order valence-electron chi connectivity index (χ3n) is 2.53. The van der Waals surface area contributed by atoms with Crippen molar-refractivity contribution in [1.29, 1.82) is 0 Å². The monoisotopic (exact) mass is 258 g/mol. The molecule has 0 saturated heterocycles. The summed E-state index contributed by atoms with van der Waals surface area (Å²) in [6.45, 7) is 2.89. The number of benzene rings is 1. The maximum atomic E-state index is 10.7. The van der Waals surface area contributed by atoms with Gasteiger partial charge in [-0.05, 0) is 12.5 Å². The molecule has 0 bridgehead atoms. The van der Waals surface area contributed by atoms with Crippen LogP contribution < -0.4 is 5.32 Å². The zero-order valence-electron chi connectivity index (χ0n) is 10.5. The molecule has 0 aliphatic rings. The maximum Gasteiger partial charge on any atom is 0.270 e.